The van der Waals surface area contributed by atoms with Crippen LogP contribution in [0.15, 0.2) is 83.5 Å². The smallest absolute Gasteiger partial charge is 0.407 e. The van der Waals surface area contributed by atoms with Crippen LogP contribution in [0.5, 0.6) is 11.5 Å². The highest BCUT2D eigenvalue weighted by molar-refractivity contribution is 9.10. The van der Waals surface area contributed by atoms with Crippen LogP contribution in [0.4, 0.5) is 16.3 Å². The molecule has 11 nitrogen and oxygen atoms in total. The number of carboxylic acid groups (broad SMARTS) is 1. The highest BCUT2D eigenvalue weighted by Gasteiger charge is 2.29. The second-order valence-corrected chi connectivity index (χ2v) is 11.8. The van der Waals surface area contributed by atoms with Crippen LogP contribution in [-0.2, 0) is 6.54 Å². The summed E-state index contributed by atoms with van der Waals surface area (Å²) in [7, 11) is 3.23. The predicted molar refractivity (Wildman–Crippen MR) is 180 cm³/mol. The van der Waals surface area contributed by atoms with Crippen LogP contribution < -0.4 is 20.1 Å². The Labute approximate surface area is 274 Å². The van der Waals surface area contributed by atoms with E-state index in [4.69, 9.17) is 19.6 Å². The molecule has 1 saturated heterocycles. The van der Waals surface area contributed by atoms with Gasteiger partial charge in [-0.05, 0) is 65.2 Å². The number of halogens is 1. The summed E-state index contributed by atoms with van der Waals surface area (Å²) >= 11 is 3.71. The van der Waals surface area contributed by atoms with Gasteiger partial charge in [-0.2, -0.15) is 5.10 Å². The van der Waals surface area contributed by atoms with E-state index in [9.17, 15) is 14.7 Å². The van der Waals surface area contributed by atoms with E-state index in [-0.39, 0.29) is 11.9 Å². The number of nitrogens with one attached hydrogen (secondary N) is 2. The first-order valence-corrected chi connectivity index (χ1v) is 15.6. The van der Waals surface area contributed by atoms with Crippen molar-refractivity contribution < 1.29 is 24.2 Å². The number of carbonyl (C=O) groups is 2. The molecule has 1 fully saturated rings. The Balaban J connectivity index is 1.40. The second-order valence-electron chi connectivity index (χ2n) is 10.9. The van der Waals surface area contributed by atoms with E-state index in [1.807, 2.05) is 65.3 Å². The molecule has 3 heterocycles. The van der Waals surface area contributed by atoms with Crippen molar-refractivity contribution >= 4 is 50.3 Å². The zero-order valence-corrected chi connectivity index (χ0v) is 27.0. The maximum absolute atomic E-state index is 13.0. The SMILES string of the molecule is COc1ccc(CNc2ncc(Br)c3c2c(-c2ccc(C(=O)Nc4ccccc4)cc2)nn3[C@@H]2CCCN(C(=O)O)C2)c(OC)c1. The molecule has 0 bridgehead atoms. The van der Waals surface area contributed by atoms with E-state index in [2.05, 4.69) is 26.6 Å². The Morgan fingerprint density at radius 1 is 1.04 bits per heavy atom. The minimum Gasteiger partial charge on any atom is -0.497 e. The van der Waals surface area contributed by atoms with Crippen molar-refractivity contribution in [1.29, 1.82) is 0 Å². The van der Waals surface area contributed by atoms with E-state index in [1.54, 1.807) is 32.5 Å². The minimum absolute atomic E-state index is 0.176. The molecule has 1 aliphatic heterocycles. The molecule has 236 valence electrons. The number of anilines is 2. The molecule has 0 aliphatic carbocycles. The summed E-state index contributed by atoms with van der Waals surface area (Å²) in [6, 6.07) is 22.0. The van der Waals surface area contributed by atoms with Gasteiger partial charge in [-0.1, -0.05) is 30.3 Å². The summed E-state index contributed by atoms with van der Waals surface area (Å²) in [4.78, 5) is 31.0. The minimum atomic E-state index is -0.942. The van der Waals surface area contributed by atoms with Gasteiger partial charge in [0.25, 0.3) is 5.91 Å². The third-order valence-corrected chi connectivity index (χ3v) is 8.67. The van der Waals surface area contributed by atoms with Crippen LogP contribution in [-0.4, -0.2) is 64.1 Å². The number of aromatic nitrogens is 3. The van der Waals surface area contributed by atoms with E-state index in [1.165, 1.54) is 4.90 Å². The number of methoxy groups -OCH3 is 2. The Hall–Kier alpha value is -5.10. The molecule has 6 rings (SSSR count). The summed E-state index contributed by atoms with van der Waals surface area (Å²) in [5.74, 6) is 1.76. The lowest BCUT2D eigenvalue weighted by molar-refractivity contribution is 0.102. The van der Waals surface area contributed by atoms with E-state index >= 15 is 0 Å². The largest absolute Gasteiger partial charge is 0.497 e. The molecule has 46 heavy (non-hydrogen) atoms. The van der Waals surface area contributed by atoms with Crippen LogP contribution >= 0.6 is 15.9 Å². The van der Waals surface area contributed by atoms with Crippen LogP contribution in [0.2, 0.25) is 0 Å². The maximum Gasteiger partial charge on any atom is 0.407 e. The van der Waals surface area contributed by atoms with Gasteiger partial charge in [0.05, 0.1) is 35.6 Å². The molecule has 0 spiro atoms. The number of hydrogen-bond donors (Lipinski definition) is 3. The van der Waals surface area contributed by atoms with Gasteiger partial charge in [0.1, 0.15) is 23.0 Å². The van der Waals surface area contributed by atoms with E-state index in [0.717, 1.165) is 39.3 Å². The summed E-state index contributed by atoms with van der Waals surface area (Å²) < 4.78 is 13.6. The number of piperidine rings is 1. The van der Waals surface area contributed by atoms with Crippen molar-refractivity contribution in [3.05, 3.63) is 94.6 Å². The molecular formula is C34H33BrN6O5. The number of pyridine rings is 1. The van der Waals surface area contributed by atoms with Crippen LogP contribution in [0.1, 0.15) is 34.8 Å². The van der Waals surface area contributed by atoms with Crippen molar-refractivity contribution in [1.82, 2.24) is 19.7 Å². The van der Waals surface area contributed by atoms with Gasteiger partial charge < -0.3 is 30.1 Å². The lowest BCUT2D eigenvalue weighted by Gasteiger charge is -2.31. The number of rotatable bonds is 9. The first kappa shape index (κ1) is 30.9. The standard InChI is InChI=1S/C34H33BrN6O5/c1-45-26-15-14-23(28(17-26)46-2)18-36-32-29-30(21-10-12-22(13-11-21)33(42)38-24-7-4-3-5-8-24)39-41(31(29)27(35)19-37-32)25-9-6-16-40(20-25)34(43)44/h3-5,7-8,10-15,17,19,25H,6,9,16,18,20H2,1-2H3,(H,36,37)(H,38,42)(H,43,44)/t25-/m1/s1. The molecule has 3 N–H and O–H groups in total. The molecule has 1 atom stereocenters. The molecule has 0 unspecified atom stereocenters. The fourth-order valence-corrected chi connectivity index (χ4v) is 6.23. The number of ether oxygens (including phenoxy) is 2. The normalized spacial score (nSPS) is 14.6. The number of hydrogen-bond acceptors (Lipinski definition) is 7. The highest BCUT2D eigenvalue weighted by Crippen LogP contribution is 2.39. The van der Waals surface area contributed by atoms with Crippen molar-refractivity contribution in [2.45, 2.75) is 25.4 Å². The maximum atomic E-state index is 13.0. The number of carbonyl (C=O) groups excluding carboxylic acids is 1. The fourth-order valence-electron chi connectivity index (χ4n) is 5.74. The number of benzene rings is 3. The van der Waals surface area contributed by atoms with Crippen molar-refractivity contribution in [3.8, 4) is 22.8 Å². The van der Waals surface area contributed by atoms with Gasteiger partial charge in [0.2, 0.25) is 0 Å². The topological polar surface area (TPSA) is 131 Å². The van der Waals surface area contributed by atoms with Gasteiger partial charge in [0, 0.05) is 54.3 Å². The average Bonchev–Trinajstić information content (AvgIpc) is 3.50. The predicted octanol–water partition coefficient (Wildman–Crippen LogP) is 7.06. The summed E-state index contributed by atoms with van der Waals surface area (Å²) in [6.45, 7) is 1.23. The van der Waals surface area contributed by atoms with Gasteiger partial charge >= 0.3 is 6.09 Å². The van der Waals surface area contributed by atoms with Gasteiger partial charge in [-0.25, -0.2) is 9.78 Å². The zero-order chi connectivity index (χ0) is 32.2. The lowest BCUT2D eigenvalue weighted by atomic mass is 10.0. The number of likely N-dealkylation sites (tertiary alicyclic amines) is 1. The second kappa shape index (κ2) is 13.5. The molecule has 5 aromatic rings. The van der Waals surface area contributed by atoms with Crippen molar-refractivity contribution in [3.63, 3.8) is 0 Å². The molecule has 12 heteroatoms. The molecule has 3 aromatic carbocycles. The summed E-state index contributed by atoms with van der Waals surface area (Å²) in [5, 5.41) is 22.0. The number of nitrogens with zero attached hydrogens (tertiary/aromatic N) is 4. The Kier molecular flexibility index (Phi) is 9.06. The third kappa shape index (κ3) is 6.34. The zero-order valence-electron chi connectivity index (χ0n) is 25.4. The first-order valence-electron chi connectivity index (χ1n) is 14.8. The highest BCUT2D eigenvalue weighted by atomic mass is 79.9. The number of para-hydroxylation sites is 1. The van der Waals surface area contributed by atoms with Gasteiger partial charge in [0.15, 0.2) is 0 Å². The van der Waals surface area contributed by atoms with E-state index in [0.29, 0.717) is 53.9 Å². The third-order valence-electron chi connectivity index (χ3n) is 8.09. The van der Waals surface area contributed by atoms with E-state index < -0.39 is 6.09 Å². The molecule has 2 amide bonds. The Morgan fingerprint density at radius 3 is 2.54 bits per heavy atom. The Bertz CT molecular complexity index is 1880. The first-order chi connectivity index (χ1) is 22.4. The number of fused-ring (bicyclic) bond motifs is 1. The molecule has 2 aromatic heterocycles. The fraction of sp³-hybridized carbons (Fsp3) is 0.235. The quantitative estimate of drug-likeness (QED) is 0.150. The lowest BCUT2D eigenvalue weighted by Crippen LogP contribution is -2.40. The molecule has 0 saturated carbocycles. The van der Waals surface area contributed by atoms with Crippen molar-refractivity contribution in [2.24, 2.45) is 0 Å². The van der Waals surface area contributed by atoms with Gasteiger partial charge in [-0.3, -0.25) is 9.48 Å². The number of amides is 2. The monoisotopic (exact) mass is 684 g/mol. The summed E-state index contributed by atoms with van der Waals surface area (Å²) in [5.41, 5.74) is 4.38. The van der Waals surface area contributed by atoms with Crippen LogP contribution in [0, 0.1) is 0 Å². The van der Waals surface area contributed by atoms with Crippen LogP contribution in [0.25, 0.3) is 22.2 Å². The molecule has 0 radical (unpaired) electrons. The molecule has 1 aliphatic rings. The van der Waals surface area contributed by atoms with Gasteiger partial charge in [-0.15, -0.1) is 0 Å². The average molecular weight is 686 g/mol. The Morgan fingerprint density at radius 2 is 1.83 bits per heavy atom. The summed E-state index contributed by atoms with van der Waals surface area (Å²) in [6.07, 6.45) is 2.29. The van der Waals surface area contributed by atoms with Crippen molar-refractivity contribution in [2.75, 3.05) is 37.9 Å². The van der Waals surface area contributed by atoms with Crippen LogP contribution in [0.3, 0.4) is 0 Å². The molecular weight excluding hydrogens is 652 g/mol.